The smallest absolute Gasteiger partial charge is 0.230 e. The number of thiazole rings is 1. The lowest BCUT2D eigenvalue weighted by Gasteiger charge is -2.05. The number of anilines is 1. The van der Waals surface area contributed by atoms with Crippen LogP contribution in [-0.2, 0) is 17.0 Å². The number of thioether (sulfide) groups is 1. The third-order valence-corrected chi connectivity index (χ3v) is 6.05. The van der Waals surface area contributed by atoms with Gasteiger partial charge in [-0.2, -0.15) is 0 Å². The van der Waals surface area contributed by atoms with Crippen molar-refractivity contribution in [3.05, 3.63) is 75.8 Å². The Hall–Kier alpha value is -2.25. The molecule has 3 rings (SSSR count). The van der Waals surface area contributed by atoms with Crippen molar-refractivity contribution in [2.24, 2.45) is 0 Å². The van der Waals surface area contributed by atoms with Crippen LogP contribution in [0.2, 0.25) is 0 Å². The first-order valence-corrected chi connectivity index (χ1v) is 10.2. The molecule has 0 aliphatic carbocycles. The number of hydrogen-bond acceptors (Lipinski definition) is 4. The maximum atomic E-state index is 13.2. The summed E-state index contributed by atoms with van der Waals surface area (Å²) in [7, 11) is 0. The normalized spacial score (nSPS) is 10.8. The van der Waals surface area contributed by atoms with E-state index in [-0.39, 0.29) is 18.0 Å². The Labute approximate surface area is 164 Å². The van der Waals surface area contributed by atoms with E-state index in [1.165, 1.54) is 34.1 Å². The standard InChI is InChI=1S/C20H18F2N2OS2/c1-12-3-4-13(2)14(7-12)10-26-20-24-16(11-27-20)9-19(25)23-15-5-6-17(21)18(22)8-15/h3-8,11H,9-10H2,1-2H3,(H,23,25). The summed E-state index contributed by atoms with van der Waals surface area (Å²) in [6, 6.07) is 9.64. The molecule has 27 heavy (non-hydrogen) atoms. The lowest BCUT2D eigenvalue weighted by molar-refractivity contribution is -0.115. The minimum absolute atomic E-state index is 0.0829. The molecular weight excluding hydrogens is 386 g/mol. The first-order valence-electron chi connectivity index (χ1n) is 8.29. The van der Waals surface area contributed by atoms with E-state index in [1.807, 2.05) is 5.38 Å². The average Bonchev–Trinajstić information content (AvgIpc) is 3.06. The van der Waals surface area contributed by atoms with E-state index in [9.17, 15) is 13.6 Å². The minimum Gasteiger partial charge on any atom is -0.326 e. The Bertz CT molecular complexity index is 972. The molecule has 0 spiro atoms. The minimum atomic E-state index is -0.994. The molecule has 140 valence electrons. The van der Waals surface area contributed by atoms with Crippen LogP contribution in [-0.4, -0.2) is 10.9 Å². The second-order valence-corrected chi connectivity index (χ2v) is 8.26. The highest BCUT2D eigenvalue weighted by Crippen LogP contribution is 2.28. The van der Waals surface area contributed by atoms with E-state index in [4.69, 9.17) is 0 Å². The topological polar surface area (TPSA) is 42.0 Å². The van der Waals surface area contributed by atoms with Gasteiger partial charge >= 0.3 is 0 Å². The molecule has 0 radical (unpaired) electrons. The number of amides is 1. The van der Waals surface area contributed by atoms with Crippen LogP contribution in [0.25, 0.3) is 0 Å². The molecule has 1 heterocycles. The summed E-state index contributed by atoms with van der Waals surface area (Å²) < 4.78 is 27.0. The van der Waals surface area contributed by atoms with Crippen LogP contribution in [0.4, 0.5) is 14.5 Å². The van der Waals surface area contributed by atoms with Crippen LogP contribution in [0.15, 0.2) is 46.1 Å². The van der Waals surface area contributed by atoms with Crippen LogP contribution in [0.5, 0.6) is 0 Å². The number of halogens is 2. The van der Waals surface area contributed by atoms with Gasteiger partial charge in [-0.3, -0.25) is 4.79 Å². The van der Waals surface area contributed by atoms with Gasteiger partial charge in [0.25, 0.3) is 0 Å². The van der Waals surface area contributed by atoms with Crippen LogP contribution >= 0.6 is 23.1 Å². The van der Waals surface area contributed by atoms with E-state index >= 15 is 0 Å². The molecule has 0 saturated carbocycles. The molecule has 1 aromatic heterocycles. The fourth-order valence-corrected chi connectivity index (χ4v) is 4.38. The van der Waals surface area contributed by atoms with Gasteiger partial charge in [0.15, 0.2) is 11.6 Å². The van der Waals surface area contributed by atoms with Crippen molar-refractivity contribution >= 4 is 34.7 Å². The Balaban J connectivity index is 1.56. The zero-order valence-corrected chi connectivity index (χ0v) is 16.5. The maximum Gasteiger partial charge on any atom is 0.230 e. The second-order valence-electron chi connectivity index (χ2n) is 6.18. The number of carbonyl (C=O) groups is 1. The number of aromatic nitrogens is 1. The van der Waals surface area contributed by atoms with E-state index in [0.717, 1.165) is 22.2 Å². The van der Waals surface area contributed by atoms with E-state index < -0.39 is 11.6 Å². The molecule has 0 atom stereocenters. The SMILES string of the molecule is Cc1ccc(C)c(CSc2nc(CC(=O)Nc3ccc(F)c(F)c3)cs2)c1. The molecule has 1 amide bonds. The Morgan fingerprint density at radius 1 is 1.15 bits per heavy atom. The van der Waals surface area contributed by atoms with Crippen LogP contribution in [0, 0.1) is 25.5 Å². The summed E-state index contributed by atoms with van der Waals surface area (Å²) in [6.07, 6.45) is 0.0829. The molecule has 3 nitrogen and oxygen atoms in total. The van der Waals surface area contributed by atoms with Crippen LogP contribution in [0.1, 0.15) is 22.4 Å². The van der Waals surface area contributed by atoms with Gasteiger partial charge < -0.3 is 5.32 Å². The van der Waals surface area contributed by atoms with Gasteiger partial charge in [-0.15, -0.1) is 11.3 Å². The van der Waals surface area contributed by atoms with Crippen molar-refractivity contribution in [1.82, 2.24) is 4.98 Å². The lowest BCUT2D eigenvalue weighted by atomic mass is 10.1. The first kappa shape index (κ1) is 19.5. The van der Waals surface area contributed by atoms with Gasteiger partial charge in [0.2, 0.25) is 5.91 Å². The van der Waals surface area contributed by atoms with Gasteiger partial charge in [0.1, 0.15) is 4.34 Å². The first-order chi connectivity index (χ1) is 12.9. The zero-order chi connectivity index (χ0) is 19.4. The summed E-state index contributed by atoms with van der Waals surface area (Å²) in [4.78, 5) is 16.6. The van der Waals surface area contributed by atoms with Gasteiger partial charge in [0, 0.05) is 22.9 Å². The Morgan fingerprint density at radius 3 is 2.74 bits per heavy atom. The van der Waals surface area contributed by atoms with E-state index in [1.54, 1.807) is 11.8 Å². The highest BCUT2D eigenvalue weighted by Gasteiger charge is 2.11. The molecule has 0 unspecified atom stereocenters. The molecule has 0 aliphatic rings. The molecule has 2 aromatic carbocycles. The third-order valence-electron chi connectivity index (χ3n) is 3.93. The van der Waals surface area contributed by atoms with Crippen molar-refractivity contribution < 1.29 is 13.6 Å². The molecule has 1 N–H and O–H groups in total. The quantitative estimate of drug-likeness (QED) is 0.551. The highest BCUT2D eigenvalue weighted by atomic mass is 32.2. The fraction of sp³-hybridized carbons (Fsp3) is 0.200. The van der Waals surface area contributed by atoms with Crippen molar-refractivity contribution in [1.29, 1.82) is 0 Å². The van der Waals surface area contributed by atoms with Gasteiger partial charge in [-0.25, -0.2) is 13.8 Å². The van der Waals surface area contributed by atoms with E-state index in [0.29, 0.717) is 5.69 Å². The second kappa shape index (κ2) is 8.63. The predicted octanol–water partition coefficient (Wildman–Crippen LogP) is 5.51. The zero-order valence-electron chi connectivity index (χ0n) is 14.9. The number of hydrogen-bond donors (Lipinski definition) is 1. The molecule has 0 aliphatic heterocycles. The fourth-order valence-electron chi connectivity index (χ4n) is 2.47. The predicted molar refractivity (Wildman–Crippen MR) is 106 cm³/mol. The number of nitrogens with one attached hydrogen (secondary N) is 1. The molecular formula is C20H18F2N2OS2. The third kappa shape index (κ3) is 5.37. The molecule has 0 bridgehead atoms. The van der Waals surface area contributed by atoms with Crippen LogP contribution < -0.4 is 5.32 Å². The highest BCUT2D eigenvalue weighted by molar-refractivity contribution is 8.00. The van der Waals surface area contributed by atoms with Crippen molar-refractivity contribution in [2.75, 3.05) is 5.32 Å². The average molecular weight is 405 g/mol. The summed E-state index contributed by atoms with van der Waals surface area (Å²) in [5.74, 6) is -1.44. The van der Waals surface area contributed by atoms with E-state index in [2.05, 4.69) is 42.3 Å². The largest absolute Gasteiger partial charge is 0.326 e. The molecule has 3 aromatic rings. The van der Waals surface area contributed by atoms with Gasteiger partial charge in [-0.1, -0.05) is 35.5 Å². The number of benzene rings is 2. The number of nitrogens with zero attached hydrogens (tertiary/aromatic N) is 1. The summed E-state index contributed by atoms with van der Waals surface area (Å²) in [6.45, 7) is 4.16. The Kier molecular flexibility index (Phi) is 6.23. The maximum absolute atomic E-state index is 13.2. The van der Waals surface area contributed by atoms with Gasteiger partial charge in [-0.05, 0) is 37.1 Å². The summed E-state index contributed by atoms with van der Waals surface area (Å²) >= 11 is 3.13. The van der Waals surface area contributed by atoms with Crippen molar-refractivity contribution in [3.8, 4) is 0 Å². The molecule has 0 fully saturated rings. The molecule has 7 heteroatoms. The summed E-state index contributed by atoms with van der Waals surface area (Å²) in [5, 5.41) is 4.39. The van der Waals surface area contributed by atoms with Gasteiger partial charge in [0.05, 0.1) is 12.1 Å². The molecule has 0 saturated heterocycles. The van der Waals surface area contributed by atoms with Crippen molar-refractivity contribution in [2.45, 2.75) is 30.4 Å². The number of aryl methyl sites for hydroxylation is 2. The van der Waals surface area contributed by atoms with Crippen LogP contribution in [0.3, 0.4) is 0 Å². The lowest BCUT2D eigenvalue weighted by Crippen LogP contribution is -2.14. The summed E-state index contributed by atoms with van der Waals surface area (Å²) in [5.41, 5.74) is 4.62. The Morgan fingerprint density at radius 2 is 1.96 bits per heavy atom. The number of rotatable bonds is 6. The number of carbonyl (C=O) groups excluding carboxylic acids is 1. The monoisotopic (exact) mass is 404 g/mol. The van der Waals surface area contributed by atoms with Crippen molar-refractivity contribution in [3.63, 3.8) is 0 Å².